The average Bonchev–Trinajstić information content (AvgIpc) is 3.32. The maximum absolute atomic E-state index is 12.5. The molecule has 4 aromatic rings. The van der Waals surface area contributed by atoms with Gasteiger partial charge in [-0.3, -0.25) is 14.6 Å². The molecule has 2 aromatic carbocycles. The molecule has 2 heterocycles. The molecule has 2 N–H and O–H groups in total. The summed E-state index contributed by atoms with van der Waals surface area (Å²) >= 11 is 11.9. The van der Waals surface area contributed by atoms with Crippen molar-refractivity contribution in [2.45, 2.75) is 6.54 Å². The summed E-state index contributed by atoms with van der Waals surface area (Å²) in [6.45, 7) is 0.557. The van der Waals surface area contributed by atoms with Crippen LogP contribution in [0.3, 0.4) is 0 Å². The summed E-state index contributed by atoms with van der Waals surface area (Å²) in [7, 11) is 0. The van der Waals surface area contributed by atoms with E-state index in [-0.39, 0.29) is 5.91 Å². The molecule has 0 unspecified atom stereocenters. The van der Waals surface area contributed by atoms with Crippen LogP contribution in [0.2, 0.25) is 10.0 Å². The quantitative estimate of drug-likeness (QED) is 0.491. The summed E-state index contributed by atoms with van der Waals surface area (Å²) in [5.74, 6) is 0.135. The van der Waals surface area contributed by atoms with Crippen LogP contribution in [0, 0.1) is 0 Å². The molecule has 140 valence electrons. The van der Waals surface area contributed by atoms with E-state index >= 15 is 0 Å². The van der Waals surface area contributed by atoms with Crippen LogP contribution in [0.15, 0.2) is 66.9 Å². The molecule has 0 saturated carbocycles. The Morgan fingerprint density at radius 2 is 1.86 bits per heavy atom. The normalized spacial score (nSPS) is 10.8. The third kappa shape index (κ3) is 4.24. The number of aromatic nitrogens is 4. The van der Waals surface area contributed by atoms with E-state index in [2.05, 4.69) is 20.6 Å². The monoisotopic (exact) mass is 411 g/mol. The van der Waals surface area contributed by atoms with Crippen molar-refractivity contribution in [3.8, 4) is 11.3 Å². The number of rotatable bonds is 5. The van der Waals surface area contributed by atoms with Crippen LogP contribution in [-0.4, -0.2) is 25.9 Å². The molecule has 0 fully saturated rings. The van der Waals surface area contributed by atoms with Gasteiger partial charge in [0.05, 0.1) is 12.2 Å². The van der Waals surface area contributed by atoms with Gasteiger partial charge in [-0.2, -0.15) is 10.2 Å². The molecule has 0 bridgehead atoms. The number of anilines is 1. The fraction of sp³-hybridized carbons (Fsp3) is 0.0500. The Hall–Kier alpha value is -3.09. The van der Waals surface area contributed by atoms with Crippen LogP contribution in [0.5, 0.6) is 0 Å². The number of halogens is 2. The first-order chi connectivity index (χ1) is 13.6. The fourth-order valence-corrected chi connectivity index (χ4v) is 3.07. The molecule has 8 heteroatoms. The van der Waals surface area contributed by atoms with E-state index in [0.717, 1.165) is 11.1 Å². The Morgan fingerprint density at radius 1 is 1.04 bits per heavy atom. The molecule has 6 nitrogen and oxygen atoms in total. The first-order valence-corrected chi connectivity index (χ1v) is 9.23. The van der Waals surface area contributed by atoms with Crippen molar-refractivity contribution in [1.82, 2.24) is 20.0 Å². The molecule has 0 aliphatic carbocycles. The van der Waals surface area contributed by atoms with Crippen LogP contribution < -0.4 is 5.32 Å². The lowest BCUT2D eigenvalue weighted by molar-refractivity contribution is 0.102. The van der Waals surface area contributed by atoms with Crippen molar-refractivity contribution < 1.29 is 4.79 Å². The van der Waals surface area contributed by atoms with Crippen molar-refractivity contribution in [3.05, 3.63) is 88.2 Å². The molecule has 0 atom stereocenters. The van der Waals surface area contributed by atoms with Crippen molar-refractivity contribution in [1.29, 1.82) is 0 Å². The molecule has 0 saturated heterocycles. The number of nitrogens with one attached hydrogen (secondary N) is 2. The van der Waals surface area contributed by atoms with Gasteiger partial charge < -0.3 is 5.32 Å². The molecule has 0 spiro atoms. The number of carbonyl (C=O) groups excluding carboxylic acids is 1. The average molecular weight is 412 g/mol. The van der Waals surface area contributed by atoms with Gasteiger partial charge in [-0.1, -0.05) is 47.5 Å². The third-order valence-corrected chi connectivity index (χ3v) is 4.57. The van der Waals surface area contributed by atoms with Crippen LogP contribution >= 0.6 is 23.2 Å². The number of hydrogen-bond donors (Lipinski definition) is 2. The maximum Gasteiger partial charge on any atom is 0.274 e. The van der Waals surface area contributed by atoms with Gasteiger partial charge in [0.1, 0.15) is 5.69 Å². The first-order valence-electron chi connectivity index (χ1n) is 8.47. The Balaban J connectivity index is 1.43. The Morgan fingerprint density at radius 3 is 2.64 bits per heavy atom. The molecule has 0 aliphatic rings. The summed E-state index contributed by atoms with van der Waals surface area (Å²) in [5.41, 5.74) is 2.89. The summed E-state index contributed by atoms with van der Waals surface area (Å²) in [4.78, 5) is 12.5. The van der Waals surface area contributed by atoms with Gasteiger partial charge in [-0.25, -0.2) is 0 Å². The van der Waals surface area contributed by atoms with E-state index in [4.69, 9.17) is 23.2 Å². The number of nitrogens with zero attached hydrogens (tertiary/aromatic N) is 3. The Kier molecular flexibility index (Phi) is 5.14. The van der Waals surface area contributed by atoms with Gasteiger partial charge >= 0.3 is 0 Å². The smallest absolute Gasteiger partial charge is 0.274 e. The first kappa shape index (κ1) is 18.3. The van der Waals surface area contributed by atoms with E-state index in [1.54, 1.807) is 35.1 Å². The Labute approximate surface area is 171 Å². The molecule has 1 amide bonds. The lowest BCUT2D eigenvalue weighted by Gasteiger charge is -2.03. The highest BCUT2D eigenvalue weighted by atomic mass is 35.5. The fourth-order valence-electron chi connectivity index (χ4n) is 2.73. The zero-order chi connectivity index (χ0) is 19.5. The summed E-state index contributed by atoms with van der Waals surface area (Å²) in [5, 5.41) is 15.4. The second kappa shape index (κ2) is 7.88. The van der Waals surface area contributed by atoms with Crippen LogP contribution in [0.25, 0.3) is 11.3 Å². The molecule has 0 aliphatic heterocycles. The molecular formula is C20H15Cl2N5O. The van der Waals surface area contributed by atoms with Crippen molar-refractivity contribution in [2.24, 2.45) is 0 Å². The molecular weight excluding hydrogens is 397 g/mol. The minimum atomic E-state index is -0.319. The number of amides is 1. The molecule has 4 rings (SSSR count). The zero-order valence-electron chi connectivity index (χ0n) is 14.6. The second-order valence-corrected chi connectivity index (χ2v) is 7.03. The number of benzene rings is 2. The summed E-state index contributed by atoms with van der Waals surface area (Å²) in [6, 6.07) is 18.2. The predicted octanol–water partition coefficient (Wildman–Crippen LogP) is 4.88. The van der Waals surface area contributed by atoms with Crippen LogP contribution in [-0.2, 0) is 6.54 Å². The lowest BCUT2D eigenvalue weighted by atomic mass is 10.1. The van der Waals surface area contributed by atoms with Crippen molar-refractivity contribution in [3.63, 3.8) is 0 Å². The minimum absolute atomic E-state index is 0.319. The summed E-state index contributed by atoms with van der Waals surface area (Å²) in [6.07, 6.45) is 1.79. The Bertz CT molecular complexity index is 1120. The molecule has 28 heavy (non-hydrogen) atoms. The van der Waals surface area contributed by atoms with Crippen LogP contribution in [0.1, 0.15) is 16.1 Å². The highest BCUT2D eigenvalue weighted by Gasteiger charge is 2.13. The van der Waals surface area contributed by atoms with E-state index in [1.807, 2.05) is 36.4 Å². The zero-order valence-corrected chi connectivity index (χ0v) is 16.1. The van der Waals surface area contributed by atoms with Crippen molar-refractivity contribution >= 4 is 34.9 Å². The van der Waals surface area contributed by atoms with Gasteiger partial charge in [0, 0.05) is 27.9 Å². The van der Waals surface area contributed by atoms with E-state index < -0.39 is 0 Å². The van der Waals surface area contributed by atoms with Gasteiger partial charge in [-0.05, 0) is 35.9 Å². The van der Waals surface area contributed by atoms with E-state index in [9.17, 15) is 4.79 Å². The number of hydrogen-bond acceptors (Lipinski definition) is 3. The van der Waals surface area contributed by atoms with E-state index in [0.29, 0.717) is 33.8 Å². The highest BCUT2D eigenvalue weighted by Crippen LogP contribution is 2.20. The minimum Gasteiger partial charge on any atom is -0.304 e. The predicted molar refractivity (Wildman–Crippen MR) is 110 cm³/mol. The summed E-state index contributed by atoms with van der Waals surface area (Å²) < 4.78 is 1.73. The van der Waals surface area contributed by atoms with Gasteiger partial charge in [0.25, 0.3) is 5.91 Å². The second-order valence-electron chi connectivity index (χ2n) is 6.16. The lowest BCUT2D eigenvalue weighted by Crippen LogP contribution is -2.13. The topological polar surface area (TPSA) is 75.6 Å². The largest absolute Gasteiger partial charge is 0.304 e. The maximum atomic E-state index is 12.5. The van der Waals surface area contributed by atoms with E-state index in [1.165, 1.54) is 0 Å². The highest BCUT2D eigenvalue weighted by molar-refractivity contribution is 6.30. The number of aromatic amines is 1. The number of carbonyl (C=O) groups is 1. The molecule has 2 aromatic heterocycles. The number of H-pyrrole nitrogens is 1. The van der Waals surface area contributed by atoms with Crippen molar-refractivity contribution in [2.75, 3.05) is 5.32 Å². The van der Waals surface area contributed by atoms with Gasteiger partial charge in [-0.15, -0.1) is 0 Å². The molecule has 0 radical (unpaired) electrons. The third-order valence-electron chi connectivity index (χ3n) is 4.08. The van der Waals surface area contributed by atoms with Gasteiger partial charge in [0.15, 0.2) is 5.82 Å². The standard InChI is InChI=1S/C20H15Cl2N5O/c21-15-6-4-14(5-7-15)17-11-18(25-24-17)20(28)23-19-8-9-27(26-19)12-13-2-1-3-16(22)10-13/h1-11H,12H2,(H,24,25)(H,23,26,28). The van der Waals surface area contributed by atoms with Crippen LogP contribution in [0.4, 0.5) is 5.82 Å². The SMILES string of the molecule is O=C(Nc1ccn(Cc2cccc(Cl)c2)n1)c1cc(-c2ccc(Cl)cc2)n[nH]1. The van der Waals surface area contributed by atoms with Gasteiger partial charge in [0.2, 0.25) is 0 Å².